The summed E-state index contributed by atoms with van der Waals surface area (Å²) in [5.41, 5.74) is 0. The number of aliphatic imine (C=N–C) groups is 1. The molecule has 1 aliphatic heterocycles. The first kappa shape index (κ1) is 21.5. The molecule has 0 aromatic heterocycles. The number of hydrogen-bond donors (Lipinski definition) is 2. The van der Waals surface area contributed by atoms with Gasteiger partial charge in [0.15, 0.2) is 5.96 Å². The number of guanidine groups is 1. The average Bonchev–Trinajstić information content (AvgIpc) is 2.98. The van der Waals surface area contributed by atoms with Crippen molar-refractivity contribution >= 4 is 35.8 Å². The normalized spacial score (nSPS) is 25.3. The van der Waals surface area contributed by atoms with Gasteiger partial charge in [0.05, 0.1) is 6.54 Å². The highest BCUT2D eigenvalue weighted by molar-refractivity contribution is 14.0. The Hall–Kier alpha value is -0.530. The van der Waals surface area contributed by atoms with Crippen molar-refractivity contribution in [1.29, 1.82) is 0 Å². The minimum Gasteiger partial charge on any atom is -0.357 e. The van der Waals surface area contributed by atoms with E-state index >= 15 is 0 Å². The van der Waals surface area contributed by atoms with Gasteiger partial charge in [-0.3, -0.25) is 9.79 Å². The Kier molecular flexibility index (Phi) is 10.0. The summed E-state index contributed by atoms with van der Waals surface area (Å²) < 4.78 is 0. The lowest BCUT2D eigenvalue weighted by atomic mass is 9.92. The number of nitrogens with one attached hydrogen (secondary N) is 2. The predicted octanol–water partition coefficient (Wildman–Crippen LogP) is 3.00. The average molecular weight is 450 g/mol. The minimum atomic E-state index is 0. The molecule has 0 radical (unpaired) electrons. The molecule has 2 unspecified atom stereocenters. The maximum absolute atomic E-state index is 12.0. The van der Waals surface area contributed by atoms with Gasteiger partial charge < -0.3 is 15.5 Å². The molecule has 1 heterocycles. The van der Waals surface area contributed by atoms with Crippen LogP contribution in [0.2, 0.25) is 0 Å². The van der Waals surface area contributed by atoms with Crippen LogP contribution in [-0.4, -0.2) is 49.0 Å². The van der Waals surface area contributed by atoms with Gasteiger partial charge in [0, 0.05) is 32.1 Å². The van der Waals surface area contributed by atoms with Crippen LogP contribution < -0.4 is 10.6 Å². The van der Waals surface area contributed by atoms with Crippen molar-refractivity contribution in [3.63, 3.8) is 0 Å². The second-order valence-electron chi connectivity index (χ2n) is 7.39. The lowest BCUT2D eigenvalue weighted by Crippen LogP contribution is -2.48. The molecule has 1 saturated heterocycles. The Morgan fingerprint density at radius 1 is 1.17 bits per heavy atom. The first-order valence-electron chi connectivity index (χ1n) is 9.41. The molecule has 5 nitrogen and oxygen atoms in total. The zero-order chi connectivity index (χ0) is 16.7. The largest absolute Gasteiger partial charge is 0.357 e. The van der Waals surface area contributed by atoms with Gasteiger partial charge in [-0.2, -0.15) is 0 Å². The van der Waals surface area contributed by atoms with E-state index in [1.165, 1.54) is 19.3 Å². The molecule has 2 aliphatic rings. The molecule has 2 N–H and O–H groups in total. The van der Waals surface area contributed by atoms with E-state index in [9.17, 15) is 4.79 Å². The van der Waals surface area contributed by atoms with E-state index in [1.54, 1.807) is 0 Å². The first-order chi connectivity index (χ1) is 11.1. The van der Waals surface area contributed by atoms with Crippen molar-refractivity contribution in [2.75, 3.05) is 26.2 Å². The van der Waals surface area contributed by atoms with Gasteiger partial charge in [-0.05, 0) is 38.0 Å². The smallest absolute Gasteiger partial charge is 0.222 e. The van der Waals surface area contributed by atoms with Gasteiger partial charge in [-0.1, -0.05) is 26.7 Å². The van der Waals surface area contributed by atoms with Crippen LogP contribution in [0.3, 0.4) is 0 Å². The Bertz CT molecular complexity index is 400. The lowest BCUT2D eigenvalue weighted by molar-refractivity contribution is -0.121. The minimum absolute atomic E-state index is 0. The highest BCUT2D eigenvalue weighted by Gasteiger charge is 2.24. The quantitative estimate of drug-likeness (QED) is 0.385. The molecule has 1 amide bonds. The monoisotopic (exact) mass is 450 g/mol. The number of rotatable bonds is 5. The van der Waals surface area contributed by atoms with Crippen LogP contribution in [0, 0.1) is 11.8 Å². The SMILES string of the molecule is CCNC(=NCCC(=O)NC1CCCC1)N1CC(C)CC(C)C1.I. The van der Waals surface area contributed by atoms with Crippen LogP contribution in [0.4, 0.5) is 0 Å². The third kappa shape index (κ3) is 7.15. The number of carbonyl (C=O) groups excluding carboxylic acids is 1. The van der Waals surface area contributed by atoms with E-state index in [1.807, 2.05) is 0 Å². The van der Waals surface area contributed by atoms with E-state index < -0.39 is 0 Å². The molecule has 1 aliphatic carbocycles. The summed E-state index contributed by atoms with van der Waals surface area (Å²) in [5, 5.41) is 6.52. The Balaban J connectivity index is 0.00000288. The van der Waals surface area contributed by atoms with Crippen molar-refractivity contribution in [3.05, 3.63) is 0 Å². The van der Waals surface area contributed by atoms with Gasteiger partial charge in [0.1, 0.15) is 0 Å². The molecule has 140 valence electrons. The fourth-order valence-electron chi connectivity index (χ4n) is 3.90. The third-order valence-corrected chi connectivity index (χ3v) is 4.82. The van der Waals surface area contributed by atoms with E-state index in [0.29, 0.717) is 30.8 Å². The van der Waals surface area contributed by atoms with Crippen molar-refractivity contribution in [2.24, 2.45) is 16.8 Å². The fraction of sp³-hybridized carbons (Fsp3) is 0.889. The molecule has 2 rings (SSSR count). The molecule has 0 aromatic carbocycles. The van der Waals surface area contributed by atoms with Gasteiger partial charge >= 0.3 is 0 Å². The molecule has 2 atom stereocenters. The maximum Gasteiger partial charge on any atom is 0.222 e. The van der Waals surface area contributed by atoms with Gasteiger partial charge in [0.25, 0.3) is 0 Å². The summed E-state index contributed by atoms with van der Waals surface area (Å²) in [4.78, 5) is 19.1. The van der Waals surface area contributed by atoms with Gasteiger partial charge in [-0.15, -0.1) is 24.0 Å². The molecular weight excluding hydrogens is 415 g/mol. The summed E-state index contributed by atoms with van der Waals surface area (Å²) >= 11 is 0. The van der Waals surface area contributed by atoms with Crippen LogP contribution in [0.1, 0.15) is 59.3 Å². The Morgan fingerprint density at radius 3 is 2.38 bits per heavy atom. The Morgan fingerprint density at radius 2 is 1.79 bits per heavy atom. The summed E-state index contributed by atoms with van der Waals surface area (Å²) in [6.07, 6.45) is 6.56. The number of halogens is 1. The highest BCUT2D eigenvalue weighted by atomic mass is 127. The zero-order valence-corrected chi connectivity index (χ0v) is 17.8. The maximum atomic E-state index is 12.0. The number of carbonyl (C=O) groups is 1. The molecule has 0 spiro atoms. The Labute approximate surface area is 164 Å². The molecule has 0 aromatic rings. The number of likely N-dealkylation sites (tertiary alicyclic amines) is 1. The van der Waals surface area contributed by atoms with Gasteiger partial charge in [0.2, 0.25) is 5.91 Å². The summed E-state index contributed by atoms with van der Waals surface area (Å²) in [5.74, 6) is 2.53. The summed E-state index contributed by atoms with van der Waals surface area (Å²) in [6, 6.07) is 0.406. The zero-order valence-electron chi connectivity index (χ0n) is 15.5. The standard InChI is InChI=1S/C18H34N4O.HI/c1-4-19-18(22-12-14(2)11-15(3)13-22)20-10-9-17(23)21-16-7-5-6-8-16;/h14-16H,4-13H2,1-3H3,(H,19,20)(H,21,23);1H. The molecule has 24 heavy (non-hydrogen) atoms. The van der Waals surface area contributed by atoms with Crippen LogP contribution >= 0.6 is 24.0 Å². The summed E-state index contributed by atoms with van der Waals surface area (Å²) in [7, 11) is 0. The highest BCUT2D eigenvalue weighted by Crippen LogP contribution is 2.21. The fourth-order valence-corrected chi connectivity index (χ4v) is 3.90. The van der Waals surface area contributed by atoms with Crippen LogP contribution in [-0.2, 0) is 4.79 Å². The lowest BCUT2D eigenvalue weighted by Gasteiger charge is -2.37. The second-order valence-corrected chi connectivity index (χ2v) is 7.39. The van der Waals surface area contributed by atoms with Crippen LogP contribution in [0.25, 0.3) is 0 Å². The number of piperidine rings is 1. The molecule has 6 heteroatoms. The van der Waals surface area contributed by atoms with Crippen molar-refractivity contribution in [1.82, 2.24) is 15.5 Å². The molecule has 1 saturated carbocycles. The number of nitrogens with zero attached hydrogens (tertiary/aromatic N) is 2. The third-order valence-electron chi connectivity index (χ3n) is 4.82. The number of hydrogen-bond acceptors (Lipinski definition) is 2. The van der Waals surface area contributed by atoms with E-state index in [2.05, 4.69) is 36.3 Å². The van der Waals surface area contributed by atoms with Gasteiger partial charge in [-0.25, -0.2) is 0 Å². The van der Waals surface area contributed by atoms with E-state index in [4.69, 9.17) is 4.99 Å². The number of amides is 1. The first-order valence-corrected chi connectivity index (χ1v) is 9.41. The van der Waals surface area contributed by atoms with Crippen molar-refractivity contribution in [3.8, 4) is 0 Å². The summed E-state index contributed by atoms with van der Waals surface area (Å²) in [6.45, 7) is 10.3. The molecule has 2 fully saturated rings. The topological polar surface area (TPSA) is 56.7 Å². The molecular formula is C18H35IN4O. The van der Waals surface area contributed by atoms with Crippen molar-refractivity contribution < 1.29 is 4.79 Å². The van der Waals surface area contributed by atoms with Crippen LogP contribution in [0.5, 0.6) is 0 Å². The second kappa shape index (κ2) is 11.2. The van der Waals surface area contributed by atoms with E-state index in [0.717, 1.165) is 38.4 Å². The molecule has 0 bridgehead atoms. The van der Waals surface area contributed by atoms with Crippen molar-refractivity contribution in [2.45, 2.75) is 65.3 Å². The predicted molar refractivity (Wildman–Crippen MR) is 111 cm³/mol. The van der Waals surface area contributed by atoms with Crippen LogP contribution in [0.15, 0.2) is 4.99 Å². The van der Waals surface area contributed by atoms with E-state index in [-0.39, 0.29) is 29.9 Å².